The van der Waals surface area contributed by atoms with Gasteiger partial charge in [-0.25, -0.2) is 0 Å². The molecule has 1 fully saturated rings. The van der Waals surface area contributed by atoms with Gasteiger partial charge in [0.15, 0.2) is 0 Å². The van der Waals surface area contributed by atoms with Gasteiger partial charge in [-0.15, -0.1) is 0 Å². The second-order valence-electron chi connectivity index (χ2n) is 3.25. The van der Waals surface area contributed by atoms with Gasteiger partial charge in [-0.1, -0.05) is 12.8 Å². The van der Waals surface area contributed by atoms with Crippen molar-refractivity contribution in [2.75, 3.05) is 19.8 Å². The summed E-state index contributed by atoms with van der Waals surface area (Å²) >= 11 is 0. The minimum atomic E-state index is -0.117. The van der Waals surface area contributed by atoms with E-state index in [1.165, 1.54) is 19.3 Å². The second-order valence-corrected chi connectivity index (χ2v) is 3.25. The van der Waals surface area contributed by atoms with Gasteiger partial charge in [-0.05, 0) is 18.9 Å². The van der Waals surface area contributed by atoms with Crippen molar-refractivity contribution in [2.45, 2.75) is 25.3 Å². The zero-order valence-corrected chi connectivity index (χ0v) is 6.79. The van der Waals surface area contributed by atoms with Gasteiger partial charge in [0.25, 0.3) is 0 Å². The van der Waals surface area contributed by atoms with Crippen molar-refractivity contribution in [1.29, 1.82) is 0 Å². The molecule has 11 heavy (non-hydrogen) atoms. The smallest absolute Gasteiger partial charge is 0.0607 e. The number of hydrogen-bond acceptors (Lipinski definition) is 3. The van der Waals surface area contributed by atoms with E-state index in [1.54, 1.807) is 0 Å². The van der Waals surface area contributed by atoms with Crippen molar-refractivity contribution in [3.8, 4) is 0 Å². The first-order valence-electron chi connectivity index (χ1n) is 4.32. The molecule has 3 heteroatoms. The highest BCUT2D eigenvalue weighted by Crippen LogP contribution is 2.31. The van der Waals surface area contributed by atoms with Crippen LogP contribution < -0.4 is 5.32 Å². The molecule has 0 radical (unpaired) electrons. The zero-order valence-electron chi connectivity index (χ0n) is 6.79. The third-order valence-corrected chi connectivity index (χ3v) is 2.12. The molecule has 1 aliphatic rings. The molecule has 0 aliphatic heterocycles. The van der Waals surface area contributed by atoms with Gasteiger partial charge in [0.1, 0.15) is 0 Å². The maximum absolute atomic E-state index is 8.68. The van der Waals surface area contributed by atoms with E-state index in [-0.39, 0.29) is 19.3 Å². The summed E-state index contributed by atoms with van der Waals surface area (Å²) in [6, 6.07) is -0.117. The lowest BCUT2D eigenvalue weighted by molar-refractivity contribution is 0.170. The average molecular weight is 159 g/mol. The van der Waals surface area contributed by atoms with E-state index in [1.807, 2.05) is 0 Å². The first-order valence-corrected chi connectivity index (χ1v) is 4.32. The SMILES string of the molecule is OCC(CO)NCCC1CC1. The molecule has 0 bridgehead atoms. The Labute approximate surface area is 67.4 Å². The van der Waals surface area contributed by atoms with Gasteiger partial charge in [0.05, 0.1) is 19.3 Å². The second kappa shape index (κ2) is 4.70. The largest absolute Gasteiger partial charge is 0.395 e. The number of aliphatic hydroxyl groups is 2. The summed E-state index contributed by atoms with van der Waals surface area (Å²) in [6.45, 7) is 0.985. The van der Waals surface area contributed by atoms with Crippen LogP contribution in [0.3, 0.4) is 0 Å². The first-order chi connectivity index (χ1) is 5.36. The van der Waals surface area contributed by atoms with Crippen LogP contribution in [0.5, 0.6) is 0 Å². The fraction of sp³-hybridized carbons (Fsp3) is 1.00. The molecular formula is C8H17NO2. The number of rotatable bonds is 6. The van der Waals surface area contributed by atoms with Crippen LogP contribution in [0.25, 0.3) is 0 Å². The Kier molecular flexibility index (Phi) is 3.83. The summed E-state index contributed by atoms with van der Waals surface area (Å²) in [4.78, 5) is 0. The Morgan fingerprint density at radius 1 is 1.27 bits per heavy atom. The summed E-state index contributed by atoms with van der Waals surface area (Å²) in [5.74, 6) is 0.917. The third-order valence-electron chi connectivity index (χ3n) is 2.12. The fourth-order valence-corrected chi connectivity index (χ4v) is 1.08. The molecule has 3 nitrogen and oxygen atoms in total. The van der Waals surface area contributed by atoms with Crippen molar-refractivity contribution >= 4 is 0 Å². The van der Waals surface area contributed by atoms with Gasteiger partial charge in [-0.2, -0.15) is 0 Å². The molecule has 0 aromatic heterocycles. The maximum Gasteiger partial charge on any atom is 0.0607 e. The van der Waals surface area contributed by atoms with Gasteiger partial charge < -0.3 is 15.5 Å². The van der Waals surface area contributed by atoms with Crippen LogP contribution in [0.2, 0.25) is 0 Å². The van der Waals surface area contributed by atoms with E-state index in [9.17, 15) is 0 Å². The lowest BCUT2D eigenvalue weighted by Crippen LogP contribution is -2.36. The molecule has 0 saturated heterocycles. The predicted octanol–water partition coefficient (Wildman–Crippen LogP) is -0.271. The number of hydrogen-bond donors (Lipinski definition) is 3. The highest BCUT2D eigenvalue weighted by Gasteiger charge is 2.20. The van der Waals surface area contributed by atoms with E-state index in [4.69, 9.17) is 10.2 Å². The molecule has 3 N–H and O–H groups in total. The minimum absolute atomic E-state index is 0.0289. The molecule has 66 valence electrons. The summed E-state index contributed by atoms with van der Waals surface area (Å²) < 4.78 is 0. The number of nitrogens with one attached hydrogen (secondary N) is 1. The molecule has 0 aromatic carbocycles. The van der Waals surface area contributed by atoms with Crippen LogP contribution >= 0.6 is 0 Å². The van der Waals surface area contributed by atoms with E-state index in [2.05, 4.69) is 5.32 Å². The Morgan fingerprint density at radius 2 is 1.91 bits per heavy atom. The van der Waals surface area contributed by atoms with Crippen molar-refractivity contribution in [1.82, 2.24) is 5.32 Å². The third kappa shape index (κ3) is 3.70. The van der Waals surface area contributed by atoms with Crippen LogP contribution in [0.1, 0.15) is 19.3 Å². The standard InChI is InChI=1S/C8H17NO2/c10-5-8(6-11)9-4-3-7-1-2-7/h7-11H,1-6H2. The fourth-order valence-electron chi connectivity index (χ4n) is 1.08. The Balaban J connectivity index is 1.90. The molecule has 1 saturated carbocycles. The first kappa shape index (κ1) is 8.97. The molecule has 0 amide bonds. The van der Waals surface area contributed by atoms with Gasteiger partial charge >= 0.3 is 0 Å². The average Bonchev–Trinajstić information content (AvgIpc) is 2.82. The van der Waals surface area contributed by atoms with Crippen LogP contribution in [0.15, 0.2) is 0 Å². The molecule has 0 unspecified atom stereocenters. The van der Waals surface area contributed by atoms with E-state index in [0.717, 1.165) is 12.5 Å². The molecule has 0 atom stereocenters. The summed E-state index contributed by atoms with van der Waals surface area (Å²) in [7, 11) is 0. The predicted molar refractivity (Wildman–Crippen MR) is 43.3 cm³/mol. The minimum Gasteiger partial charge on any atom is -0.395 e. The van der Waals surface area contributed by atoms with Crippen LogP contribution in [0.4, 0.5) is 0 Å². The molecule has 0 spiro atoms. The Morgan fingerprint density at radius 3 is 2.36 bits per heavy atom. The van der Waals surface area contributed by atoms with Gasteiger partial charge in [-0.3, -0.25) is 0 Å². The summed E-state index contributed by atoms with van der Waals surface area (Å²) in [5, 5.41) is 20.5. The van der Waals surface area contributed by atoms with Crippen LogP contribution in [-0.2, 0) is 0 Å². The Hall–Kier alpha value is -0.120. The topological polar surface area (TPSA) is 52.5 Å². The van der Waals surface area contributed by atoms with E-state index >= 15 is 0 Å². The quantitative estimate of drug-likeness (QED) is 0.500. The maximum atomic E-state index is 8.68. The Bertz CT molecular complexity index is 100. The highest BCUT2D eigenvalue weighted by atomic mass is 16.3. The van der Waals surface area contributed by atoms with Crippen molar-refractivity contribution in [2.24, 2.45) is 5.92 Å². The van der Waals surface area contributed by atoms with Crippen LogP contribution in [0, 0.1) is 5.92 Å². The lowest BCUT2D eigenvalue weighted by atomic mass is 10.2. The van der Waals surface area contributed by atoms with Crippen LogP contribution in [-0.4, -0.2) is 36.0 Å². The molecular weight excluding hydrogens is 142 g/mol. The van der Waals surface area contributed by atoms with Crippen molar-refractivity contribution in [3.63, 3.8) is 0 Å². The normalized spacial score (nSPS) is 17.7. The molecule has 1 aliphatic carbocycles. The highest BCUT2D eigenvalue weighted by molar-refractivity contribution is 4.74. The summed E-state index contributed by atoms with van der Waals surface area (Å²) in [6.07, 6.45) is 3.92. The zero-order chi connectivity index (χ0) is 8.10. The van der Waals surface area contributed by atoms with E-state index in [0.29, 0.717) is 0 Å². The van der Waals surface area contributed by atoms with Crippen molar-refractivity contribution in [3.05, 3.63) is 0 Å². The lowest BCUT2D eigenvalue weighted by Gasteiger charge is -2.12. The molecule has 0 aromatic rings. The van der Waals surface area contributed by atoms with Crippen molar-refractivity contribution < 1.29 is 10.2 Å². The van der Waals surface area contributed by atoms with Gasteiger partial charge in [0.2, 0.25) is 0 Å². The summed E-state index contributed by atoms with van der Waals surface area (Å²) in [5.41, 5.74) is 0. The molecule has 1 rings (SSSR count). The van der Waals surface area contributed by atoms with Gasteiger partial charge in [0, 0.05) is 0 Å². The molecule has 0 heterocycles. The monoisotopic (exact) mass is 159 g/mol. The number of aliphatic hydroxyl groups excluding tert-OH is 2. The van der Waals surface area contributed by atoms with E-state index < -0.39 is 0 Å².